The average molecular weight is 327 g/mol. The van der Waals surface area contributed by atoms with E-state index in [0.717, 1.165) is 10.9 Å². The van der Waals surface area contributed by atoms with E-state index in [0.29, 0.717) is 31.8 Å². The smallest absolute Gasteiger partial charge is 0.409 e. The SMILES string of the molecule is O=C(NCCCN1CCOC1=O)c1cccc(Br)c1. The Bertz CT molecular complexity index is 479. The van der Waals surface area contributed by atoms with Crippen molar-refractivity contribution in [2.45, 2.75) is 6.42 Å². The van der Waals surface area contributed by atoms with Crippen LogP contribution < -0.4 is 5.32 Å². The van der Waals surface area contributed by atoms with Gasteiger partial charge in [-0.2, -0.15) is 0 Å². The molecule has 1 aromatic carbocycles. The van der Waals surface area contributed by atoms with Crippen LogP contribution >= 0.6 is 15.9 Å². The highest BCUT2D eigenvalue weighted by molar-refractivity contribution is 9.10. The molecule has 5 nitrogen and oxygen atoms in total. The summed E-state index contributed by atoms with van der Waals surface area (Å²) in [4.78, 5) is 24.6. The average Bonchev–Trinajstić information content (AvgIpc) is 2.80. The van der Waals surface area contributed by atoms with Gasteiger partial charge in [-0.15, -0.1) is 0 Å². The highest BCUT2D eigenvalue weighted by atomic mass is 79.9. The molecule has 0 saturated carbocycles. The quantitative estimate of drug-likeness (QED) is 0.842. The lowest BCUT2D eigenvalue weighted by molar-refractivity contribution is 0.0952. The van der Waals surface area contributed by atoms with E-state index in [9.17, 15) is 9.59 Å². The number of amides is 2. The van der Waals surface area contributed by atoms with Crippen LogP contribution in [-0.4, -0.2) is 43.1 Å². The number of carbonyl (C=O) groups is 2. The zero-order chi connectivity index (χ0) is 13.7. The number of hydrogen-bond acceptors (Lipinski definition) is 3. The summed E-state index contributed by atoms with van der Waals surface area (Å²) >= 11 is 3.33. The standard InChI is InChI=1S/C13H15BrN2O3/c14-11-4-1-3-10(9-11)12(17)15-5-2-6-16-7-8-19-13(16)18/h1,3-4,9H,2,5-8H2,(H,15,17). The molecule has 0 atom stereocenters. The second-order valence-electron chi connectivity index (χ2n) is 4.22. The summed E-state index contributed by atoms with van der Waals surface area (Å²) in [5.74, 6) is -0.106. The van der Waals surface area contributed by atoms with Gasteiger partial charge in [0.2, 0.25) is 0 Å². The number of rotatable bonds is 5. The molecule has 1 N–H and O–H groups in total. The van der Waals surface area contributed by atoms with Gasteiger partial charge < -0.3 is 15.0 Å². The van der Waals surface area contributed by atoms with Gasteiger partial charge in [0.25, 0.3) is 5.91 Å². The molecule has 1 aromatic rings. The molecule has 0 spiro atoms. The number of benzene rings is 1. The normalized spacial score (nSPS) is 14.4. The Kier molecular flexibility index (Phi) is 4.79. The van der Waals surface area contributed by atoms with Crippen molar-refractivity contribution in [1.82, 2.24) is 10.2 Å². The number of nitrogens with zero attached hydrogens (tertiary/aromatic N) is 1. The predicted molar refractivity (Wildman–Crippen MR) is 74.0 cm³/mol. The predicted octanol–water partition coefficient (Wildman–Crippen LogP) is 2.02. The molecule has 1 aliphatic rings. The van der Waals surface area contributed by atoms with E-state index >= 15 is 0 Å². The first-order chi connectivity index (χ1) is 9.16. The van der Waals surface area contributed by atoms with Crippen molar-refractivity contribution in [3.63, 3.8) is 0 Å². The molecule has 1 saturated heterocycles. The molecular formula is C13H15BrN2O3. The maximum Gasteiger partial charge on any atom is 0.409 e. The van der Waals surface area contributed by atoms with Crippen molar-refractivity contribution >= 4 is 27.9 Å². The van der Waals surface area contributed by atoms with E-state index in [1.54, 1.807) is 17.0 Å². The zero-order valence-electron chi connectivity index (χ0n) is 10.4. The Labute approximate surface area is 120 Å². The summed E-state index contributed by atoms with van der Waals surface area (Å²) in [5.41, 5.74) is 0.620. The lowest BCUT2D eigenvalue weighted by Crippen LogP contribution is -2.30. The second kappa shape index (κ2) is 6.56. The molecule has 1 aliphatic heterocycles. The number of cyclic esters (lactones) is 1. The topological polar surface area (TPSA) is 58.6 Å². The van der Waals surface area contributed by atoms with Gasteiger partial charge in [-0.3, -0.25) is 4.79 Å². The molecule has 0 aromatic heterocycles. The fourth-order valence-electron chi connectivity index (χ4n) is 1.83. The Hall–Kier alpha value is -1.56. The fraction of sp³-hybridized carbons (Fsp3) is 0.385. The van der Waals surface area contributed by atoms with Crippen molar-refractivity contribution in [3.05, 3.63) is 34.3 Å². The summed E-state index contributed by atoms with van der Waals surface area (Å²) in [6.45, 7) is 2.24. The van der Waals surface area contributed by atoms with E-state index in [-0.39, 0.29) is 12.0 Å². The monoisotopic (exact) mass is 326 g/mol. The fourth-order valence-corrected chi connectivity index (χ4v) is 2.23. The molecular weight excluding hydrogens is 312 g/mol. The summed E-state index contributed by atoms with van der Waals surface area (Å²) in [6, 6.07) is 7.22. The first kappa shape index (κ1) is 13.9. The van der Waals surface area contributed by atoms with Gasteiger partial charge >= 0.3 is 6.09 Å². The summed E-state index contributed by atoms with van der Waals surface area (Å²) < 4.78 is 5.70. The molecule has 1 heterocycles. The van der Waals surface area contributed by atoms with Crippen molar-refractivity contribution in [3.8, 4) is 0 Å². The number of nitrogens with one attached hydrogen (secondary N) is 1. The Balaban J connectivity index is 1.71. The summed E-state index contributed by atoms with van der Waals surface area (Å²) in [6.07, 6.45) is 0.452. The third kappa shape index (κ3) is 3.96. The molecule has 0 bridgehead atoms. The third-order valence-electron chi connectivity index (χ3n) is 2.82. The number of hydrogen-bond donors (Lipinski definition) is 1. The van der Waals surface area contributed by atoms with Gasteiger partial charge in [0, 0.05) is 23.1 Å². The summed E-state index contributed by atoms with van der Waals surface area (Å²) in [7, 11) is 0. The van der Waals surface area contributed by atoms with Crippen LogP contribution in [0.25, 0.3) is 0 Å². The van der Waals surface area contributed by atoms with Gasteiger partial charge in [-0.25, -0.2) is 4.79 Å². The molecule has 0 unspecified atom stereocenters. The minimum absolute atomic E-state index is 0.106. The van der Waals surface area contributed by atoms with Crippen LogP contribution in [0.15, 0.2) is 28.7 Å². The molecule has 102 valence electrons. The van der Waals surface area contributed by atoms with Crippen molar-refractivity contribution in [2.75, 3.05) is 26.2 Å². The van der Waals surface area contributed by atoms with Crippen LogP contribution in [0.2, 0.25) is 0 Å². The lowest BCUT2D eigenvalue weighted by atomic mass is 10.2. The maximum absolute atomic E-state index is 11.8. The van der Waals surface area contributed by atoms with Crippen molar-refractivity contribution in [2.24, 2.45) is 0 Å². The van der Waals surface area contributed by atoms with E-state index in [1.807, 2.05) is 12.1 Å². The minimum atomic E-state index is -0.265. The van der Waals surface area contributed by atoms with Crippen LogP contribution in [0.4, 0.5) is 4.79 Å². The highest BCUT2D eigenvalue weighted by Gasteiger charge is 2.20. The van der Waals surface area contributed by atoms with Crippen LogP contribution in [-0.2, 0) is 4.74 Å². The van der Waals surface area contributed by atoms with E-state index in [1.165, 1.54) is 0 Å². The van der Waals surface area contributed by atoms with Crippen molar-refractivity contribution in [1.29, 1.82) is 0 Å². The van der Waals surface area contributed by atoms with Crippen molar-refractivity contribution < 1.29 is 14.3 Å². The minimum Gasteiger partial charge on any atom is -0.448 e. The number of carbonyl (C=O) groups excluding carboxylic acids is 2. The molecule has 0 radical (unpaired) electrons. The van der Waals surface area contributed by atoms with Gasteiger partial charge in [0.15, 0.2) is 0 Å². The van der Waals surface area contributed by atoms with Gasteiger partial charge in [0.1, 0.15) is 6.61 Å². The largest absolute Gasteiger partial charge is 0.448 e. The Morgan fingerprint density at radius 2 is 2.32 bits per heavy atom. The molecule has 19 heavy (non-hydrogen) atoms. The van der Waals surface area contributed by atoms with Crippen LogP contribution in [0, 0.1) is 0 Å². The number of halogens is 1. The van der Waals surface area contributed by atoms with Crippen LogP contribution in [0.5, 0.6) is 0 Å². The first-order valence-corrected chi connectivity index (χ1v) is 6.91. The second-order valence-corrected chi connectivity index (χ2v) is 5.14. The zero-order valence-corrected chi connectivity index (χ0v) is 12.0. The maximum atomic E-state index is 11.8. The van der Waals surface area contributed by atoms with Crippen LogP contribution in [0.1, 0.15) is 16.8 Å². The van der Waals surface area contributed by atoms with Crippen LogP contribution in [0.3, 0.4) is 0 Å². The molecule has 2 rings (SSSR count). The molecule has 6 heteroatoms. The summed E-state index contributed by atoms with van der Waals surface area (Å²) in [5, 5.41) is 2.83. The third-order valence-corrected chi connectivity index (χ3v) is 3.32. The first-order valence-electron chi connectivity index (χ1n) is 6.12. The Morgan fingerprint density at radius 3 is 3.00 bits per heavy atom. The van der Waals surface area contributed by atoms with Gasteiger partial charge in [-0.1, -0.05) is 22.0 Å². The van der Waals surface area contributed by atoms with E-state index in [4.69, 9.17) is 4.74 Å². The molecule has 2 amide bonds. The number of ether oxygens (including phenoxy) is 1. The van der Waals surface area contributed by atoms with E-state index in [2.05, 4.69) is 21.2 Å². The van der Waals surface area contributed by atoms with E-state index < -0.39 is 0 Å². The lowest BCUT2D eigenvalue weighted by Gasteiger charge is -2.12. The molecule has 0 aliphatic carbocycles. The Morgan fingerprint density at radius 1 is 1.47 bits per heavy atom. The van der Waals surface area contributed by atoms with Gasteiger partial charge in [-0.05, 0) is 24.6 Å². The van der Waals surface area contributed by atoms with Gasteiger partial charge in [0.05, 0.1) is 6.54 Å². The molecule has 1 fully saturated rings. The highest BCUT2D eigenvalue weighted by Crippen LogP contribution is 2.11.